The Morgan fingerprint density at radius 3 is 2.75 bits per heavy atom. The summed E-state index contributed by atoms with van der Waals surface area (Å²) < 4.78 is 6.93. The lowest BCUT2D eigenvalue weighted by Gasteiger charge is -2.37. The largest absolute Gasteiger partial charge is 0.472 e. The van der Waals surface area contributed by atoms with Gasteiger partial charge in [-0.05, 0) is 38.0 Å². The molecule has 4 heterocycles. The highest BCUT2D eigenvalue weighted by Crippen LogP contribution is 2.25. The van der Waals surface area contributed by atoms with Gasteiger partial charge in [-0.2, -0.15) is 10.2 Å². The van der Waals surface area contributed by atoms with Crippen LogP contribution in [-0.4, -0.2) is 54.5 Å². The van der Waals surface area contributed by atoms with Gasteiger partial charge in [-0.3, -0.25) is 4.79 Å². The number of nitrogens with zero attached hydrogens (tertiary/aromatic N) is 6. The lowest BCUT2D eigenvalue weighted by molar-refractivity contribution is 0.0372. The number of likely N-dealkylation sites (tertiary alicyclic amines) is 1. The summed E-state index contributed by atoms with van der Waals surface area (Å²) in [6, 6.07) is 7.27. The van der Waals surface area contributed by atoms with Crippen molar-refractivity contribution < 1.29 is 9.53 Å². The zero-order valence-corrected chi connectivity index (χ0v) is 16.9. The van der Waals surface area contributed by atoms with Crippen LogP contribution in [-0.2, 0) is 0 Å². The molecule has 0 aromatic carbocycles. The summed E-state index contributed by atoms with van der Waals surface area (Å²) in [6.45, 7) is 2.53. The zero-order chi connectivity index (χ0) is 19.5. The molecule has 3 aromatic rings. The van der Waals surface area contributed by atoms with Crippen LogP contribution in [0.1, 0.15) is 30.1 Å². The van der Waals surface area contributed by atoms with Gasteiger partial charge >= 0.3 is 0 Å². The molecule has 0 radical (unpaired) electrons. The number of aromatic nitrogens is 5. The van der Waals surface area contributed by atoms with Crippen LogP contribution in [0.15, 0.2) is 53.5 Å². The third kappa shape index (κ3) is 3.89. The molecular weight excluding hydrogens is 424 g/mol. The Bertz CT molecular complexity index is 965. The van der Waals surface area contributed by atoms with E-state index in [-0.39, 0.29) is 18.1 Å². The van der Waals surface area contributed by atoms with E-state index in [9.17, 15) is 4.79 Å². The number of hydrogen-bond acceptors (Lipinski definition) is 6. The van der Waals surface area contributed by atoms with E-state index >= 15 is 0 Å². The van der Waals surface area contributed by atoms with E-state index in [1.54, 1.807) is 36.9 Å². The third-order valence-corrected chi connectivity index (χ3v) is 5.20. The molecule has 3 aromatic heterocycles. The number of carbonyl (C=O) groups is 1. The van der Waals surface area contributed by atoms with E-state index < -0.39 is 0 Å². The van der Waals surface area contributed by atoms with Crippen molar-refractivity contribution in [1.82, 2.24) is 29.9 Å². The van der Waals surface area contributed by atoms with Crippen LogP contribution in [0, 0.1) is 0 Å². The zero-order valence-electron chi connectivity index (χ0n) is 15.3. The van der Waals surface area contributed by atoms with Gasteiger partial charge in [-0.25, -0.2) is 9.97 Å². The minimum Gasteiger partial charge on any atom is -0.472 e. The first-order chi connectivity index (χ1) is 13.6. The maximum atomic E-state index is 13.3. The monoisotopic (exact) mass is 442 g/mol. The summed E-state index contributed by atoms with van der Waals surface area (Å²) in [5.41, 5.74) is 0.465. The number of ether oxygens (including phenoxy) is 1. The lowest BCUT2D eigenvalue weighted by Crippen LogP contribution is -2.49. The molecule has 1 amide bonds. The highest BCUT2D eigenvalue weighted by molar-refractivity contribution is 9.10. The van der Waals surface area contributed by atoms with Crippen LogP contribution in [0.3, 0.4) is 0 Å². The summed E-state index contributed by atoms with van der Waals surface area (Å²) >= 11 is 3.42. The Labute approximate surface area is 170 Å². The van der Waals surface area contributed by atoms with Crippen molar-refractivity contribution >= 4 is 21.8 Å². The van der Waals surface area contributed by atoms with Crippen molar-refractivity contribution in [3.05, 3.63) is 59.1 Å². The Balaban J connectivity index is 1.55. The first-order valence-corrected chi connectivity index (χ1v) is 9.82. The normalized spacial score (nSPS) is 19.4. The topological polar surface area (TPSA) is 86.0 Å². The molecule has 0 saturated carbocycles. The molecular formula is C19H19BrN6O2. The number of amides is 1. The van der Waals surface area contributed by atoms with Crippen LogP contribution in [0.25, 0.3) is 5.82 Å². The number of halogens is 1. The molecule has 0 bridgehead atoms. The number of piperidine rings is 1. The minimum atomic E-state index is -0.120. The molecule has 1 fully saturated rings. The van der Waals surface area contributed by atoms with E-state index in [0.29, 0.717) is 23.8 Å². The molecule has 4 rings (SSSR count). The van der Waals surface area contributed by atoms with Gasteiger partial charge in [-0.1, -0.05) is 15.9 Å². The molecule has 0 unspecified atom stereocenters. The van der Waals surface area contributed by atoms with Crippen LogP contribution >= 0.6 is 15.9 Å². The molecule has 9 heteroatoms. The van der Waals surface area contributed by atoms with Crippen LogP contribution in [0.5, 0.6) is 5.88 Å². The van der Waals surface area contributed by atoms with E-state index in [4.69, 9.17) is 4.74 Å². The Kier molecular flexibility index (Phi) is 5.34. The fourth-order valence-corrected chi connectivity index (χ4v) is 3.59. The fraction of sp³-hybridized carbons (Fsp3) is 0.316. The predicted molar refractivity (Wildman–Crippen MR) is 105 cm³/mol. The van der Waals surface area contributed by atoms with Gasteiger partial charge in [0.05, 0.1) is 24.5 Å². The second-order valence-electron chi connectivity index (χ2n) is 6.63. The van der Waals surface area contributed by atoms with Crippen LogP contribution in [0.2, 0.25) is 0 Å². The minimum absolute atomic E-state index is 0.0986. The van der Waals surface area contributed by atoms with E-state index in [1.807, 2.05) is 24.0 Å². The maximum Gasteiger partial charge on any atom is 0.258 e. The number of hydrogen-bond donors (Lipinski definition) is 0. The van der Waals surface area contributed by atoms with E-state index in [0.717, 1.165) is 17.3 Å². The molecule has 0 spiro atoms. The van der Waals surface area contributed by atoms with Crippen molar-refractivity contribution in [2.75, 3.05) is 6.54 Å². The van der Waals surface area contributed by atoms with Gasteiger partial charge in [0.1, 0.15) is 6.10 Å². The Morgan fingerprint density at radius 2 is 1.96 bits per heavy atom. The van der Waals surface area contributed by atoms with Gasteiger partial charge in [0.25, 0.3) is 5.91 Å². The highest BCUT2D eigenvalue weighted by atomic mass is 79.9. The second kappa shape index (κ2) is 8.05. The number of pyridine rings is 2. The van der Waals surface area contributed by atoms with E-state index in [1.165, 1.54) is 4.80 Å². The summed E-state index contributed by atoms with van der Waals surface area (Å²) in [5, 5.41) is 8.22. The van der Waals surface area contributed by atoms with Crippen molar-refractivity contribution in [2.45, 2.75) is 31.9 Å². The van der Waals surface area contributed by atoms with Gasteiger partial charge in [0.15, 0.2) is 5.82 Å². The molecule has 0 N–H and O–H groups in total. The number of rotatable bonds is 4. The maximum absolute atomic E-state index is 13.3. The Morgan fingerprint density at radius 1 is 1.14 bits per heavy atom. The van der Waals surface area contributed by atoms with Gasteiger partial charge in [-0.15, -0.1) is 4.80 Å². The van der Waals surface area contributed by atoms with Crippen LogP contribution in [0.4, 0.5) is 0 Å². The highest BCUT2D eigenvalue weighted by Gasteiger charge is 2.32. The molecule has 144 valence electrons. The molecule has 28 heavy (non-hydrogen) atoms. The smallest absolute Gasteiger partial charge is 0.258 e. The summed E-state index contributed by atoms with van der Waals surface area (Å²) in [4.78, 5) is 25.1. The van der Waals surface area contributed by atoms with Crippen LogP contribution < -0.4 is 4.74 Å². The molecule has 2 atom stereocenters. The summed E-state index contributed by atoms with van der Waals surface area (Å²) in [6.07, 6.45) is 8.01. The SMILES string of the molecule is C[C@@H]1CC[C@@H](Oc2cc(Br)ccn2)CN1C(=O)c1cccnc1-n1nccn1. The average Bonchev–Trinajstić information content (AvgIpc) is 3.24. The third-order valence-electron chi connectivity index (χ3n) is 4.71. The standard InChI is InChI=1S/C19H19BrN6O2/c1-13-4-5-15(28-17-11-14(20)6-8-21-17)12-25(13)19(27)16-3-2-7-22-18(16)26-23-9-10-24-26/h2-3,6-11,13,15H,4-5,12H2,1H3/t13-,15-/m1/s1. The fourth-order valence-electron chi connectivity index (χ4n) is 3.28. The second-order valence-corrected chi connectivity index (χ2v) is 7.54. The molecule has 1 aliphatic rings. The van der Waals surface area contributed by atoms with Crippen molar-refractivity contribution in [3.8, 4) is 11.7 Å². The molecule has 0 aliphatic carbocycles. The van der Waals surface area contributed by atoms with Gasteiger partial charge in [0, 0.05) is 29.0 Å². The molecule has 8 nitrogen and oxygen atoms in total. The summed E-state index contributed by atoms with van der Waals surface area (Å²) in [7, 11) is 0. The van der Waals surface area contributed by atoms with Gasteiger partial charge < -0.3 is 9.64 Å². The average molecular weight is 443 g/mol. The van der Waals surface area contributed by atoms with Crippen molar-refractivity contribution in [2.24, 2.45) is 0 Å². The lowest BCUT2D eigenvalue weighted by atomic mass is 10.00. The quantitative estimate of drug-likeness (QED) is 0.617. The van der Waals surface area contributed by atoms with Crippen molar-refractivity contribution in [1.29, 1.82) is 0 Å². The summed E-state index contributed by atoms with van der Waals surface area (Å²) in [5.74, 6) is 0.855. The number of carbonyl (C=O) groups excluding carboxylic acids is 1. The first kappa shape index (κ1) is 18.5. The predicted octanol–water partition coefficient (Wildman–Crippen LogP) is 2.89. The van der Waals surface area contributed by atoms with Gasteiger partial charge in [0.2, 0.25) is 5.88 Å². The molecule has 1 saturated heterocycles. The van der Waals surface area contributed by atoms with Crippen molar-refractivity contribution in [3.63, 3.8) is 0 Å². The first-order valence-electron chi connectivity index (χ1n) is 9.02. The van der Waals surface area contributed by atoms with E-state index in [2.05, 4.69) is 36.1 Å². The Hall–Kier alpha value is -2.81. The molecule has 1 aliphatic heterocycles.